The number of rotatable bonds is 1. The molecular weight excluding hydrogens is 282 g/mol. The minimum Gasteiger partial charge on any atom is -0.273 e. The van der Waals surface area contributed by atoms with E-state index in [9.17, 15) is 9.59 Å². The maximum atomic E-state index is 12.3. The van der Waals surface area contributed by atoms with E-state index in [-0.39, 0.29) is 28.9 Å². The van der Waals surface area contributed by atoms with E-state index >= 15 is 0 Å². The predicted molar refractivity (Wildman–Crippen MR) is 73.3 cm³/mol. The van der Waals surface area contributed by atoms with Crippen molar-refractivity contribution in [2.24, 2.45) is 11.8 Å². The largest absolute Gasteiger partial charge is 0.273 e. The number of imide groups is 1. The molecule has 0 spiro atoms. The zero-order valence-corrected chi connectivity index (χ0v) is 11.4. The average Bonchev–Trinajstić information content (AvgIpc) is 3.08. The van der Waals surface area contributed by atoms with Gasteiger partial charge in [0.1, 0.15) is 0 Å². The summed E-state index contributed by atoms with van der Waals surface area (Å²) in [7, 11) is 0. The Hall–Kier alpha value is -1.26. The van der Waals surface area contributed by atoms with Gasteiger partial charge in [0.15, 0.2) is 0 Å². The zero-order chi connectivity index (χ0) is 13.2. The summed E-state index contributed by atoms with van der Waals surface area (Å²) in [4.78, 5) is 24.4. The van der Waals surface area contributed by atoms with Crippen LogP contribution in [0, 0.1) is 11.8 Å². The summed E-state index contributed by atoms with van der Waals surface area (Å²) in [6.07, 6.45) is 4.11. The van der Waals surface area contributed by atoms with E-state index in [0.717, 1.165) is 9.98 Å². The molecule has 0 N–H and O–H groups in total. The van der Waals surface area contributed by atoms with Gasteiger partial charge in [-0.3, -0.25) is 9.59 Å². The molecule has 96 valence electrons. The first-order valence-electron chi connectivity index (χ1n) is 6.11. The maximum absolute atomic E-state index is 12.3. The van der Waals surface area contributed by atoms with Crippen LogP contribution in [0.5, 0.6) is 0 Å². The molecule has 4 unspecified atom stereocenters. The second kappa shape index (κ2) is 3.64. The van der Waals surface area contributed by atoms with Crippen LogP contribution in [0.3, 0.4) is 0 Å². The number of amides is 2. The first-order valence-corrected chi connectivity index (χ1v) is 7.33. The van der Waals surface area contributed by atoms with Gasteiger partial charge in [0.25, 0.3) is 0 Å². The average molecular weight is 292 g/mol. The number of benzene rings is 1. The van der Waals surface area contributed by atoms with Crippen LogP contribution in [0.15, 0.2) is 42.5 Å². The third-order valence-electron chi connectivity index (χ3n) is 4.20. The van der Waals surface area contributed by atoms with E-state index in [1.165, 1.54) is 0 Å². The van der Waals surface area contributed by atoms with Gasteiger partial charge in [0.2, 0.25) is 11.8 Å². The lowest BCUT2D eigenvalue weighted by Gasteiger charge is -2.29. The van der Waals surface area contributed by atoms with E-state index in [0.29, 0.717) is 0 Å². The summed E-state index contributed by atoms with van der Waals surface area (Å²) < 4.78 is 0.361. The molecule has 1 aromatic rings. The normalized spacial score (nSPS) is 39.2. The molecule has 2 amide bonds. The van der Waals surface area contributed by atoms with Crippen molar-refractivity contribution >= 4 is 35.4 Å². The van der Waals surface area contributed by atoms with Crippen molar-refractivity contribution in [3.63, 3.8) is 0 Å². The predicted octanol–water partition coefficient (Wildman–Crippen LogP) is 2.32. The topological polar surface area (TPSA) is 37.4 Å². The summed E-state index contributed by atoms with van der Waals surface area (Å²) in [5, 5.41) is 0.0606. The molecule has 0 saturated carbocycles. The van der Waals surface area contributed by atoms with Gasteiger partial charge in [-0.15, -0.1) is 11.8 Å². The van der Waals surface area contributed by atoms with E-state index in [1.54, 1.807) is 11.8 Å². The van der Waals surface area contributed by atoms with Gasteiger partial charge in [-0.25, -0.2) is 0 Å². The first-order chi connectivity index (χ1) is 9.15. The second-order valence-corrected chi connectivity index (χ2v) is 6.86. The second-order valence-electron chi connectivity index (χ2n) is 5.06. The van der Waals surface area contributed by atoms with E-state index in [4.69, 9.17) is 11.8 Å². The zero-order valence-electron chi connectivity index (χ0n) is 9.82. The summed E-state index contributed by atoms with van der Waals surface area (Å²) in [6.45, 7) is 0. The highest BCUT2D eigenvalue weighted by Crippen LogP contribution is 2.65. The fraction of sp³-hybridized carbons (Fsp3) is 0.286. The Morgan fingerprint density at radius 2 is 1.89 bits per heavy atom. The van der Waals surface area contributed by atoms with E-state index in [1.807, 2.05) is 36.4 Å². The third-order valence-corrected chi connectivity index (χ3v) is 6.27. The van der Waals surface area contributed by atoms with Crippen LogP contribution in [0.25, 0.3) is 0 Å². The number of nitrogens with zero attached hydrogens (tertiary/aromatic N) is 1. The van der Waals surface area contributed by atoms with Gasteiger partial charge in [-0.1, -0.05) is 42.5 Å². The summed E-state index contributed by atoms with van der Waals surface area (Å²) >= 11 is 7.52. The van der Waals surface area contributed by atoms with Crippen LogP contribution in [0.1, 0.15) is 5.56 Å². The van der Waals surface area contributed by atoms with Crippen LogP contribution in [-0.4, -0.2) is 21.5 Å². The number of carbonyl (C=O) groups excluding carboxylic acids is 2. The van der Waals surface area contributed by atoms with Gasteiger partial charge in [-0.2, -0.15) is 4.42 Å². The Bertz CT molecular complexity index is 617. The lowest BCUT2D eigenvalue weighted by molar-refractivity contribution is -0.134. The van der Waals surface area contributed by atoms with Crippen LogP contribution in [-0.2, 0) is 14.3 Å². The Kier molecular flexibility index (Phi) is 2.22. The molecule has 4 rings (SSSR count). The Balaban J connectivity index is 1.89. The van der Waals surface area contributed by atoms with Crippen molar-refractivity contribution in [3.05, 3.63) is 48.0 Å². The summed E-state index contributed by atoms with van der Waals surface area (Å²) in [5.41, 5.74) is 1.07. The SMILES string of the molecule is O=C1C2C3C=CC(c4ccccc4)(S3)C2C(=O)N1Cl. The molecule has 1 aromatic carbocycles. The van der Waals surface area contributed by atoms with Crippen molar-refractivity contribution in [1.82, 2.24) is 4.42 Å². The molecule has 0 radical (unpaired) electrons. The van der Waals surface area contributed by atoms with Gasteiger partial charge < -0.3 is 0 Å². The lowest BCUT2D eigenvalue weighted by atomic mass is 9.74. The molecule has 0 aromatic heterocycles. The van der Waals surface area contributed by atoms with Crippen LogP contribution >= 0.6 is 23.5 Å². The number of halogens is 1. The molecule has 2 fully saturated rings. The highest BCUT2D eigenvalue weighted by atomic mass is 35.5. The van der Waals surface area contributed by atoms with E-state index in [2.05, 4.69) is 6.08 Å². The fourth-order valence-corrected chi connectivity index (χ4v) is 5.46. The van der Waals surface area contributed by atoms with Crippen LogP contribution < -0.4 is 0 Å². The molecule has 5 heteroatoms. The Labute approximate surface area is 119 Å². The van der Waals surface area contributed by atoms with Crippen molar-refractivity contribution in [1.29, 1.82) is 0 Å². The molecular formula is C14H10ClNO2S. The van der Waals surface area contributed by atoms with Crippen molar-refractivity contribution in [3.8, 4) is 0 Å². The summed E-state index contributed by atoms with van der Waals surface area (Å²) in [6, 6.07) is 9.88. The molecule has 3 aliphatic rings. The van der Waals surface area contributed by atoms with Crippen molar-refractivity contribution < 1.29 is 9.59 Å². The molecule has 2 saturated heterocycles. The number of carbonyl (C=O) groups is 2. The molecule has 3 aliphatic heterocycles. The van der Waals surface area contributed by atoms with Crippen molar-refractivity contribution in [2.45, 2.75) is 10.00 Å². The minimum atomic E-state index is -0.424. The molecule has 4 atom stereocenters. The highest BCUT2D eigenvalue weighted by molar-refractivity contribution is 8.01. The summed E-state index contributed by atoms with van der Waals surface area (Å²) in [5.74, 6) is -1.18. The highest BCUT2D eigenvalue weighted by Gasteiger charge is 2.67. The lowest BCUT2D eigenvalue weighted by Crippen LogP contribution is -2.34. The molecule has 2 bridgehead atoms. The Morgan fingerprint density at radius 3 is 2.63 bits per heavy atom. The fourth-order valence-electron chi connectivity index (χ4n) is 3.39. The van der Waals surface area contributed by atoms with Gasteiger partial charge >= 0.3 is 0 Å². The Morgan fingerprint density at radius 1 is 1.16 bits per heavy atom. The third kappa shape index (κ3) is 1.26. The molecule has 19 heavy (non-hydrogen) atoms. The number of fused-ring (bicyclic) bond motifs is 5. The van der Waals surface area contributed by atoms with Gasteiger partial charge in [0.05, 0.1) is 16.6 Å². The minimum absolute atomic E-state index is 0.0606. The van der Waals surface area contributed by atoms with Gasteiger partial charge in [-0.05, 0) is 5.56 Å². The van der Waals surface area contributed by atoms with E-state index < -0.39 is 4.75 Å². The van der Waals surface area contributed by atoms with Crippen LogP contribution in [0.2, 0.25) is 0 Å². The number of hydrogen-bond donors (Lipinski definition) is 0. The molecule has 0 aliphatic carbocycles. The first kappa shape index (κ1) is 11.6. The maximum Gasteiger partial charge on any atom is 0.250 e. The quantitative estimate of drug-likeness (QED) is 0.453. The van der Waals surface area contributed by atoms with Gasteiger partial charge in [0, 0.05) is 17.0 Å². The standard InChI is InChI=1S/C14H10ClNO2S/c15-16-12(17)10-9-6-7-14(19-9,11(10)13(16)18)8-4-2-1-3-5-8/h1-7,9-11H. The number of thioether (sulfide) groups is 1. The smallest absolute Gasteiger partial charge is 0.250 e. The molecule has 3 heterocycles. The molecule has 3 nitrogen and oxygen atoms in total. The monoisotopic (exact) mass is 291 g/mol. The van der Waals surface area contributed by atoms with Crippen LogP contribution in [0.4, 0.5) is 0 Å². The van der Waals surface area contributed by atoms with Crippen molar-refractivity contribution in [2.75, 3.05) is 0 Å². The number of hydrogen-bond acceptors (Lipinski definition) is 3.